The number of methoxy groups -OCH3 is 1. The fourth-order valence-corrected chi connectivity index (χ4v) is 7.76. The van der Waals surface area contributed by atoms with Gasteiger partial charge in [0.15, 0.2) is 0 Å². The van der Waals surface area contributed by atoms with Crippen LogP contribution in [0.15, 0.2) is 23.0 Å². The van der Waals surface area contributed by atoms with Gasteiger partial charge in [-0.3, -0.25) is 14.5 Å². The SMILES string of the molecule is CCN(c1cc(O[C@H]2C[C@H](CN3CCOCC3)C2)cc(C(=O)NCc2c(C)cc(C)[nH]c2=O)c1C)[C@H]1CC[C@H](N(C)CCOC)CC1. The molecule has 1 saturated heterocycles. The zero-order valence-electron chi connectivity index (χ0n) is 29.5. The molecule has 0 radical (unpaired) electrons. The molecule has 1 amide bonds. The lowest BCUT2D eigenvalue weighted by molar-refractivity contribution is 0.000119. The second-order valence-corrected chi connectivity index (χ2v) is 14.0. The third kappa shape index (κ3) is 8.96. The molecule has 2 N–H and O–H groups in total. The second-order valence-electron chi connectivity index (χ2n) is 14.0. The Morgan fingerprint density at radius 2 is 1.77 bits per heavy atom. The number of hydrogen-bond donors (Lipinski definition) is 2. The molecular weight excluding hydrogens is 594 g/mol. The van der Waals surface area contributed by atoms with Crippen molar-refractivity contribution in [3.8, 4) is 5.75 Å². The average Bonchev–Trinajstić information content (AvgIpc) is 3.04. The molecule has 10 heteroatoms. The van der Waals surface area contributed by atoms with Gasteiger partial charge in [-0.2, -0.15) is 0 Å². The van der Waals surface area contributed by atoms with E-state index in [1.54, 1.807) is 7.11 Å². The van der Waals surface area contributed by atoms with Crippen molar-refractivity contribution in [3.05, 3.63) is 56.5 Å². The molecule has 0 unspecified atom stereocenters. The van der Waals surface area contributed by atoms with E-state index < -0.39 is 0 Å². The fourth-order valence-electron chi connectivity index (χ4n) is 7.76. The van der Waals surface area contributed by atoms with E-state index in [0.717, 1.165) is 119 Å². The van der Waals surface area contributed by atoms with Crippen molar-refractivity contribution in [2.75, 3.05) is 71.6 Å². The van der Waals surface area contributed by atoms with Crippen LogP contribution in [0.1, 0.15) is 78.2 Å². The highest BCUT2D eigenvalue weighted by atomic mass is 16.5. The van der Waals surface area contributed by atoms with Crippen LogP contribution >= 0.6 is 0 Å². The topological polar surface area (TPSA) is 99.4 Å². The lowest BCUT2D eigenvalue weighted by Crippen LogP contribution is -2.45. The van der Waals surface area contributed by atoms with E-state index in [1.165, 1.54) is 0 Å². The summed E-state index contributed by atoms with van der Waals surface area (Å²) in [5, 5.41) is 3.05. The van der Waals surface area contributed by atoms with Gasteiger partial charge in [0.1, 0.15) is 5.75 Å². The van der Waals surface area contributed by atoms with Crippen LogP contribution < -0.4 is 20.5 Å². The zero-order valence-corrected chi connectivity index (χ0v) is 29.5. The van der Waals surface area contributed by atoms with E-state index in [0.29, 0.717) is 29.1 Å². The molecule has 0 spiro atoms. The van der Waals surface area contributed by atoms with E-state index in [4.69, 9.17) is 14.2 Å². The number of aromatic amines is 1. The Morgan fingerprint density at radius 3 is 2.43 bits per heavy atom. The number of pyridine rings is 1. The fraction of sp³-hybridized carbons (Fsp3) is 0.676. The van der Waals surface area contributed by atoms with Crippen molar-refractivity contribution in [1.82, 2.24) is 20.1 Å². The van der Waals surface area contributed by atoms with Gasteiger partial charge in [-0.1, -0.05) is 0 Å². The summed E-state index contributed by atoms with van der Waals surface area (Å²) >= 11 is 0. The number of morpholine rings is 1. The van der Waals surface area contributed by atoms with Gasteiger partial charge in [0, 0.05) is 87.0 Å². The van der Waals surface area contributed by atoms with Crippen molar-refractivity contribution in [2.24, 2.45) is 5.92 Å². The summed E-state index contributed by atoms with van der Waals surface area (Å²) in [5.41, 5.74) is 4.73. The predicted octanol–water partition coefficient (Wildman–Crippen LogP) is 4.44. The molecule has 1 aliphatic heterocycles. The highest BCUT2D eigenvalue weighted by Gasteiger charge is 2.34. The van der Waals surface area contributed by atoms with Crippen LogP contribution in [-0.2, 0) is 16.0 Å². The number of nitrogens with zero attached hydrogens (tertiary/aromatic N) is 3. The van der Waals surface area contributed by atoms with Crippen LogP contribution in [0.5, 0.6) is 5.75 Å². The van der Waals surface area contributed by atoms with Gasteiger partial charge in [0.25, 0.3) is 11.5 Å². The maximum atomic E-state index is 13.8. The number of rotatable bonds is 14. The van der Waals surface area contributed by atoms with Gasteiger partial charge < -0.3 is 34.3 Å². The lowest BCUT2D eigenvalue weighted by Gasteiger charge is -2.41. The first-order valence-corrected chi connectivity index (χ1v) is 17.7. The molecule has 2 aromatic rings. The Balaban J connectivity index is 1.33. The smallest absolute Gasteiger partial charge is 0.253 e. The van der Waals surface area contributed by atoms with E-state index in [2.05, 4.69) is 45.0 Å². The van der Waals surface area contributed by atoms with Gasteiger partial charge in [-0.25, -0.2) is 0 Å². The van der Waals surface area contributed by atoms with Gasteiger partial charge in [0.2, 0.25) is 0 Å². The number of amides is 1. The van der Waals surface area contributed by atoms with Crippen molar-refractivity contribution < 1.29 is 19.0 Å². The zero-order chi connectivity index (χ0) is 33.5. The van der Waals surface area contributed by atoms with Crippen LogP contribution in [-0.4, -0.2) is 106 Å². The first-order valence-electron chi connectivity index (χ1n) is 17.7. The average molecular weight is 652 g/mol. The highest BCUT2D eigenvalue weighted by molar-refractivity contribution is 5.97. The number of carbonyl (C=O) groups is 1. The largest absolute Gasteiger partial charge is 0.490 e. The van der Waals surface area contributed by atoms with Crippen molar-refractivity contribution in [1.29, 1.82) is 0 Å². The molecule has 2 aliphatic carbocycles. The quantitative estimate of drug-likeness (QED) is 0.310. The third-order valence-corrected chi connectivity index (χ3v) is 10.7. The van der Waals surface area contributed by atoms with Crippen molar-refractivity contribution in [3.63, 3.8) is 0 Å². The monoisotopic (exact) mass is 651 g/mol. The Labute approximate surface area is 281 Å². The molecule has 0 atom stereocenters. The van der Waals surface area contributed by atoms with E-state index in [-0.39, 0.29) is 24.1 Å². The number of carbonyl (C=O) groups excluding carboxylic acids is 1. The summed E-state index contributed by atoms with van der Waals surface area (Å²) in [7, 11) is 3.96. The highest BCUT2D eigenvalue weighted by Crippen LogP contribution is 2.38. The molecule has 2 saturated carbocycles. The molecule has 3 fully saturated rings. The minimum atomic E-state index is -0.188. The lowest BCUT2D eigenvalue weighted by atomic mass is 9.81. The van der Waals surface area contributed by atoms with Gasteiger partial charge in [-0.15, -0.1) is 0 Å². The number of hydrogen-bond acceptors (Lipinski definition) is 8. The molecule has 10 nitrogen and oxygen atoms in total. The number of benzene rings is 1. The molecule has 0 bridgehead atoms. The molecule has 260 valence electrons. The van der Waals surface area contributed by atoms with Crippen LogP contribution in [0.25, 0.3) is 0 Å². The second kappa shape index (κ2) is 16.5. The number of ether oxygens (including phenoxy) is 3. The molecule has 1 aromatic heterocycles. The first-order chi connectivity index (χ1) is 22.7. The standard InChI is InChI=1S/C37H57N5O5/c1-7-42(30-10-8-29(9-11-30)40(5)12-15-45-6)35-22-32(47-31-19-28(20-31)24-41-13-16-46-17-14-41)21-33(27(35)4)36(43)38-23-34-25(2)18-26(3)39-37(34)44/h18,21-22,28-31H,7-17,19-20,23-24H2,1-6H3,(H,38,43)(H,39,44)/t28-,29-,30-,31-. The summed E-state index contributed by atoms with van der Waals surface area (Å²) in [4.78, 5) is 36.8. The Kier molecular flexibility index (Phi) is 12.4. The number of likely N-dealkylation sites (N-methyl/N-ethyl adjacent to an activating group) is 1. The minimum Gasteiger partial charge on any atom is -0.490 e. The Bertz CT molecular complexity index is 1390. The molecular formula is C37H57N5O5. The van der Waals surface area contributed by atoms with Gasteiger partial charge >= 0.3 is 0 Å². The summed E-state index contributed by atoms with van der Waals surface area (Å²) < 4.78 is 17.4. The number of H-pyrrole nitrogens is 1. The Morgan fingerprint density at radius 1 is 1.06 bits per heavy atom. The first kappa shape index (κ1) is 35.4. The summed E-state index contributed by atoms with van der Waals surface area (Å²) in [6.45, 7) is 15.5. The third-order valence-electron chi connectivity index (χ3n) is 10.7. The maximum Gasteiger partial charge on any atom is 0.253 e. The molecule has 1 aromatic carbocycles. The molecule has 3 aliphatic rings. The number of aromatic nitrogens is 1. The molecule has 2 heterocycles. The summed E-state index contributed by atoms with van der Waals surface area (Å²) in [6.07, 6.45) is 6.68. The van der Waals surface area contributed by atoms with Crippen molar-refractivity contribution >= 4 is 11.6 Å². The Hall–Kier alpha value is -2.92. The molecule has 47 heavy (non-hydrogen) atoms. The van der Waals surface area contributed by atoms with Gasteiger partial charge in [0.05, 0.1) is 25.9 Å². The summed E-state index contributed by atoms with van der Waals surface area (Å²) in [6, 6.07) is 6.97. The van der Waals surface area contributed by atoms with Crippen LogP contribution in [0, 0.1) is 26.7 Å². The number of anilines is 1. The van der Waals surface area contributed by atoms with Crippen LogP contribution in [0.3, 0.4) is 0 Å². The normalized spacial score (nSPS) is 23.4. The summed E-state index contributed by atoms with van der Waals surface area (Å²) in [5.74, 6) is 1.19. The number of aryl methyl sites for hydroxylation is 2. The van der Waals surface area contributed by atoms with Crippen LogP contribution in [0.2, 0.25) is 0 Å². The van der Waals surface area contributed by atoms with E-state index in [9.17, 15) is 9.59 Å². The van der Waals surface area contributed by atoms with E-state index in [1.807, 2.05) is 32.9 Å². The molecule has 5 rings (SSSR count). The number of nitrogens with one attached hydrogen (secondary N) is 2. The predicted molar refractivity (Wildman–Crippen MR) is 187 cm³/mol. The van der Waals surface area contributed by atoms with Gasteiger partial charge in [-0.05, 0) is 102 Å². The van der Waals surface area contributed by atoms with Crippen LogP contribution in [0.4, 0.5) is 5.69 Å². The van der Waals surface area contributed by atoms with E-state index >= 15 is 0 Å². The maximum absolute atomic E-state index is 13.8. The minimum absolute atomic E-state index is 0.148. The van der Waals surface area contributed by atoms with Crippen molar-refractivity contribution in [2.45, 2.75) is 91.0 Å².